The second-order valence-electron chi connectivity index (χ2n) is 14.5. The molecule has 4 aromatic heterocycles. The number of rotatable bonds is 4. The summed E-state index contributed by atoms with van der Waals surface area (Å²) in [7, 11) is 0. The molecule has 0 atom stereocenters. The van der Waals surface area contributed by atoms with E-state index in [4.69, 9.17) is 18.8 Å². The van der Waals surface area contributed by atoms with Crippen LogP contribution in [0.3, 0.4) is 0 Å². The highest BCUT2D eigenvalue weighted by Crippen LogP contribution is 2.45. The van der Waals surface area contributed by atoms with Crippen molar-refractivity contribution in [3.05, 3.63) is 182 Å². The Labute approximate surface area is 320 Å². The third-order valence-corrected chi connectivity index (χ3v) is 11.3. The number of fused-ring (bicyclic) bond motifs is 11. The number of hydrogen-bond donors (Lipinski definition) is 0. The molecule has 0 bridgehead atoms. The molecular weight excluding hydrogens is 685 g/mol. The fraction of sp³-hybridized carbons (Fsp3) is 0. The number of benzene rings is 8. The van der Waals surface area contributed by atoms with Gasteiger partial charge in [0.1, 0.15) is 22.3 Å². The molecular formula is C52H30N2O2. The Balaban J connectivity index is 1.05. The van der Waals surface area contributed by atoms with E-state index >= 15 is 0 Å². The maximum atomic E-state index is 6.75. The molecule has 260 valence electrons. The van der Waals surface area contributed by atoms with E-state index < -0.39 is 0 Å². The van der Waals surface area contributed by atoms with Crippen LogP contribution in [-0.4, -0.2) is 9.97 Å². The van der Waals surface area contributed by atoms with Gasteiger partial charge >= 0.3 is 0 Å². The Morgan fingerprint density at radius 3 is 1.70 bits per heavy atom. The number of aromatic nitrogens is 2. The van der Waals surface area contributed by atoms with E-state index in [1.54, 1.807) is 0 Å². The molecule has 4 heteroatoms. The number of para-hydroxylation sites is 2. The molecule has 0 N–H and O–H groups in total. The maximum absolute atomic E-state index is 6.75. The van der Waals surface area contributed by atoms with Gasteiger partial charge < -0.3 is 8.83 Å². The molecule has 0 saturated heterocycles. The third kappa shape index (κ3) is 4.66. The van der Waals surface area contributed by atoms with E-state index in [1.165, 1.54) is 0 Å². The van der Waals surface area contributed by atoms with E-state index in [-0.39, 0.29) is 0 Å². The average Bonchev–Trinajstić information content (AvgIpc) is 3.85. The summed E-state index contributed by atoms with van der Waals surface area (Å²) in [5.74, 6) is 0. The second-order valence-corrected chi connectivity index (χ2v) is 14.5. The number of pyridine rings is 2. The summed E-state index contributed by atoms with van der Waals surface area (Å²) in [6.07, 6.45) is 0. The Bertz CT molecular complexity index is 3540. The van der Waals surface area contributed by atoms with Crippen molar-refractivity contribution < 1.29 is 8.83 Å². The molecule has 12 rings (SSSR count). The lowest BCUT2D eigenvalue weighted by molar-refractivity contribution is 0.670. The van der Waals surface area contributed by atoms with Crippen LogP contribution in [0.4, 0.5) is 0 Å². The molecule has 0 aliphatic heterocycles. The van der Waals surface area contributed by atoms with Crippen molar-refractivity contribution in [1.29, 1.82) is 0 Å². The monoisotopic (exact) mass is 714 g/mol. The van der Waals surface area contributed by atoms with Crippen molar-refractivity contribution in [1.82, 2.24) is 9.97 Å². The molecule has 4 nitrogen and oxygen atoms in total. The highest BCUT2D eigenvalue weighted by atomic mass is 16.3. The fourth-order valence-corrected chi connectivity index (χ4v) is 8.62. The number of furan rings is 2. The lowest BCUT2D eigenvalue weighted by Crippen LogP contribution is -1.91. The lowest BCUT2D eigenvalue weighted by atomic mass is 9.92. The van der Waals surface area contributed by atoms with Crippen molar-refractivity contribution in [3.8, 4) is 44.8 Å². The largest absolute Gasteiger partial charge is 0.455 e. The van der Waals surface area contributed by atoms with Crippen molar-refractivity contribution in [2.45, 2.75) is 0 Å². The summed E-state index contributed by atoms with van der Waals surface area (Å²) in [4.78, 5) is 10.4. The normalized spacial score (nSPS) is 11.9. The van der Waals surface area contributed by atoms with Gasteiger partial charge in [-0.05, 0) is 58.5 Å². The first-order valence-corrected chi connectivity index (χ1v) is 18.9. The second kappa shape index (κ2) is 12.0. The minimum absolute atomic E-state index is 0.846. The summed E-state index contributed by atoms with van der Waals surface area (Å²) in [5.41, 5.74) is 13.6. The lowest BCUT2D eigenvalue weighted by Gasteiger charge is -2.11. The highest BCUT2D eigenvalue weighted by molar-refractivity contribution is 6.23. The van der Waals surface area contributed by atoms with Gasteiger partial charge in [-0.15, -0.1) is 0 Å². The molecule has 8 aromatic carbocycles. The van der Waals surface area contributed by atoms with Crippen LogP contribution in [-0.2, 0) is 0 Å². The molecule has 4 heterocycles. The molecule has 0 unspecified atom stereocenters. The number of hydrogen-bond acceptors (Lipinski definition) is 4. The van der Waals surface area contributed by atoms with E-state index in [9.17, 15) is 0 Å². The van der Waals surface area contributed by atoms with Crippen LogP contribution in [0.2, 0.25) is 0 Å². The Kier molecular flexibility index (Phi) is 6.60. The van der Waals surface area contributed by atoms with Gasteiger partial charge in [0.25, 0.3) is 0 Å². The molecule has 0 aliphatic carbocycles. The van der Waals surface area contributed by atoms with Crippen LogP contribution in [0.15, 0.2) is 191 Å². The minimum Gasteiger partial charge on any atom is -0.455 e. The van der Waals surface area contributed by atoms with Crippen molar-refractivity contribution in [2.75, 3.05) is 0 Å². The molecule has 12 aromatic rings. The predicted octanol–water partition coefficient (Wildman–Crippen LogP) is 14.4. The average molecular weight is 715 g/mol. The van der Waals surface area contributed by atoms with Gasteiger partial charge in [-0.1, -0.05) is 146 Å². The molecule has 0 aliphatic rings. The van der Waals surface area contributed by atoms with Gasteiger partial charge in [0.05, 0.1) is 22.4 Å². The predicted molar refractivity (Wildman–Crippen MR) is 231 cm³/mol. The summed E-state index contributed by atoms with van der Waals surface area (Å²) < 4.78 is 13.3. The molecule has 0 amide bonds. The van der Waals surface area contributed by atoms with E-state index in [0.29, 0.717) is 0 Å². The van der Waals surface area contributed by atoms with Crippen LogP contribution in [0, 0.1) is 0 Å². The highest BCUT2D eigenvalue weighted by Gasteiger charge is 2.20. The van der Waals surface area contributed by atoms with E-state index in [1.807, 2.05) is 30.3 Å². The van der Waals surface area contributed by atoms with Gasteiger partial charge in [0, 0.05) is 54.4 Å². The van der Waals surface area contributed by atoms with Gasteiger partial charge in [0.2, 0.25) is 0 Å². The zero-order valence-electron chi connectivity index (χ0n) is 30.0. The van der Waals surface area contributed by atoms with Gasteiger partial charge in [-0.3, -0.25) is 0 Å². The van der Waals surface area contributed by atoms with Gasteiger partial charge in [-0.2, -0.15) is 0 Å². The Morgan fingerprint density at radius 1 is 0.321 bits per heavy atom. The van der Waals surface area contributed by atoms with Crippen molar-refractivity contribution in [2.24, 2.45) is 0 Å². The molecule has 0 spiro atoms. The van der Waals surface area contributed by atoms with Crippen LogP contribution in [0.25, 0.3) is 121 Å². The maximum Gasteiger partial charge on any atom is 0.143 e. The smallest absolute Gasteiger partial charge is 0.143 e. The Morgan fingerprint density at radius 2 is 0.875 bits per heavy atom. The summed E-state index contributed by atoms with van der Waals surface area (Å²) in [6, 6.07) is 63.6. The zero-order chi connectivity index (χ0) is 36.7. The van der Waals surface area contributed by atoms with Gasteiger partial charge in [-0.25, -0.2) is 9.97 Å². The summed E-state index contributed by atoms with van der Waals surface area (Å²) in [6.45, 7) is 0. The molecule has 0 saturated carbocycles. The van der Waals surface area contributed by atoms with Crippen molar-refractivity contribution >= 4 is 76.5 Å². The Hall–Kier alpha value is -7.56. The van der Waals surface area contributed by atoms with Crippen LogP contribution in [0.5, 0.6) is 0 Å². The minimum atomic E-state index is 0.846. The quantitative estimate of drug-likeness (QED) is 0.170. The van der Waals surface area contributed by atoms with E-state index in [0.717, 1.165) is 121 Å². The molecule has 0 radical (unpaired) electrons. The topological polar surface area (TPSA) is 52.1 Å². The molecule has 0 fully saturated rings. The van der Waals surface area contributed by atoms with Crippen molar-refractivity contribution in [3.63, 3.8) is 0 Å². The SMILES string of the molecule is c1ccc(-c2ccc3ccc4ccc(-c5cccc(-c6cc7c(oc8cccc(-c9cccc%10c9oc9ccccc9%10)c87)c7ccccc67)c5)nc4c3n2)cc1. The first-order valence-electron chi connectivity index (χ1n) is 18.9. The first kappa shape index (κ1) is 30.9. The zero-order valence-corrected chi connectivity index (χ0v) is 30.0. The summed E-state index contributed by atoms with van der Waals surface area (Å²) in [5, 5.41) is 8.70. The third-order valence-electron chi connectivity index (χ3n) is 11.3. The van der Waals surface area contributed by atoms with Crippen LogP contribution in [0.1, 0.15) is 0 Å². The number of nitrogens with zero attached hydrogens (tertiary/aromatic N) is 2. The fourth-order valence-electron chi connectivity index (χ4n) is 8.62. The van der Waals surface area contributed by atoms with Crippen LogP contribution >= 0.6 is 0 Å². The summed E-state index contributed by atoms with van der Waals surface area (Å²) >= 11 is 0. The standard InChI is InChI=1S/C52H30N2O2/c1-2-11-31(12-3-1)44-27-25-32-23-24-33-26-28-45(54-50(33)49(32)53-44)35-14-8-13-34(29-35)42-30-43-48-38(18-10-22-47(48)56-52(43)39-17-5-4-15-36(39)42)41-20-9-19-40-37-16-6-7-21-46(37)55-51(40)41/h1-30H. The van der Waals surface area contributed by atoms with Gasteiger partial charge in [0.15, 0.2) is 0 Å². The van der Waals surface area contributed by atoms with E-state index in [2.05, 4.69) is 152 Å². The van der Waals surface area contributed by atoms with Crippen LogP contribution < -0.4 is 0 Å². The first-order chi connectivity index (χ1) is 27.7. The molecule has 56 heavy (non-hydrogen) atoms.